The highest BCUT2D eigenvalue weighted by Crippen LogP contribution is 2.23. The highest BCUT2D eigenvalue weighted by molar-refractivity contribution is 5.83. The van der Waals surface area contributed by atoms with E-state index in [4.69, 9.17) is 4.74 Å². The largest absolute Gasteiger partial charge is 0.385 e. The molecule has 0 aromatic rings. The molecule has 0 radical (unpaired) electrons. The lowest BCUT2D eigenvalue weighted by atomic mass is 9.89. The summed E-state index contributed by atoms with van der Waals surface area (Å²) >= 11 is 0. The van der Waals surface area contributed by atoms with Crippen molar-refractivity contribution < 1.29 is 9.53 Å². The number of hydrogen-bond donors (Lipinski definition) is 1. The molecule has 1 N–H and O–H groups in total. The summed E-state index contributed by atoms with van der Waals surface area (Å²) in [6, 6.07) is -0.0248. The standard InChI is InChI=1S/C11H22N2O2/c1-9-10(14)13(8-12-9)7-11(2,3)5-6-15-4/h9,12H,5-8H2,1-4H3. The van der Waals surface area contributed by atoms with E-state index in [2.05, 4.69) is 19.2 Å². The molecule has 1 fully saturated rings. The molecule has 0 bridgehead atoms. The van der Waals surface area contributed by atoms with Crippen LogP contribution in [0.5, 0.6) is 0 Å². The van der Waals surface area contributed by atoms with E-state index in [1.807, 2.05) is 11.8 Å². The van der Waals surface area contributed by atoms with Gasteiger partial charge < -0.3 is 9.64 Å². The Morgan fingerprint density at radius 2 is 2.27 bits per heavy atom. The smallest absolute Gasteiger partial charge is 0.240 e. The van der Waals surface area contributed by atoms with Gasteiger partial charge in [0.05, 0.1) is 12.7 Å². The van der Waals surface area contributed by atoms with E-state index in [0.717, 1.165) is 19.6 Å². The Kier molecular flexibility index (Phi) is 4.11. The van der Waals surface area contributed by atoms with Crippen LogP contribution in [0.4, 0.5) is 0 Å². The lowest BCUT2D eigenvalue weighted by Crippen LogP contribution is -2.37. The maximum Gasteiger partial charge on any atom is 0.240 e. The number of ether oxygens (including phenoxy) is 1. The van der Waals surface area contributed by atoms with Gasteiger partial charge in [-0.2, -0.15) is 0 Å². The van der Waals surface area contributed by atoms with E-state index < -0.39 is 0 Å². The molecule has 4 heteroatoms. The maximum absolute atomic E-state index is 11.7. The third-order valence-corrected chi connectivity index (χ3v) is 2.87. The van der Waals surface area contributed by atoms with Crippen molar-refractivity contribution in [2.75, 3.05) is 26.9 Å². The maximum atomic E-state index is 11.7. The number of carbonyl (C=O) groups is 1. The fourth-order valence-electron chi connectivity index (χ4n) is 1.79. The third-order valence-electron chi connectivity index (χ3n) is 2.87. The number of amides is 1. The van der Waals surface area contributed by atoms with Gasteiger partial charge in [0.2, 0.25) is 5.91 Å². The summed E-state index contributed by atoms with van der Waals surface area (Å²) in [5, 5.41) is 3.14. The van der Waals surface area contributed by atoms with Crippen LogP contribution in [0, 0.1) is 5.41 Å². The van der Waals surface area contributed by atoms with Crippen LogP contribution in [-0.2, 0) is 9.53 Å². The van der Waals surface area contributed by atoms with Crippen LogP contribution in [0.15, 0.2) is 0 Å². The molecule has 0 aliphatic carbocycles. The first-order valence-corrected chi connectivity index (χ1v) is 5.47. The Hall–Kier alpha value is -0.610. The minimum Gasteiger partial charge on any atom is -0.385 e. The van der Waals surface area contributed by atoms with Gasteiger partial charge in [0.1, 0.15) is 0 Å². The van der Waals surface area contributed by atoms with Crippen LogP contribution >= 0.6 is 0 Å². The molecule has 0 aromatic carbocycles. The molecule has 1 heterocycles. The molecule has 1 saturated heterocycles. The van der Waals surface area contributed by atoms with E-state index in [0.29, 0.717) is 6.67 Å². The zero-order valence-electron chi connectivity index (χ0n) is 10.2. The van der Waals surface area contributed by atoms with Gasteiger partial charge in [0, 0.05) is 20.3 Å². The van der Waals surface area contributed by atoms with Gasteiger partial charge in [0.15, 0.2) is 0 Å². The van der Waals surface area contributed by atoms with E-state index in [-0.39, 0.29) is 17.4 Å². The van der Waals surface area contributed by atoms with Gasteiger partial charge in [0.25, 0.3) is 0 Å². The quantitative estimate of drug-likeness (QED) is 0.737. The molecule has 15 heavy (non-hydrogen) atoms. The number of nitrogens with zero attached hydrogens (tertiary/aromatic N) is 1. The first-order valence-electron chi connectivity index (χ1n) is 5.47. The monoisotopic (exact) mass is 214 g/mol. The number of hydrogen-bond acceptors (Lipinski definition) is 3. The molecule has 0 spiro atoms. The van der Waals surface area contributed by atoms with Crippen molar-refractivity contribution in [2.24, 2.45) is 5.41 Å². The van der Waals surface area contributed by atoms with Crippen molar-refractivity contribution in [3.63, 3.8) is 0 Å². The van der Waals surface area contributed by atoms with Crippen molar-refractivity contribution in [3.05, 3.63) is 0 Å². The fraction of sp³-hybridized carbons (Fsp3) is 0.909. The summed E-state index contributed by atoms with van der Waals surface area (Å²) in [5.41, 5.74) is 0.122. The molecule has 0 saturated carbocycles. The summed E-state index contributed by atoms with van der Waals surface area (Å²) < 4.78 is 5.07. The topological polar surface area (TPSA) is 41.6 Å². The second-order valence-corrected chi connectivity index (χ2v) is 5.03. The van der Waals surface area contributed by atoms with Crippen LogP contribution in [0.3, 0.4) is 0 Å². The Morgan fingerprint density at radius 3 is 2.73 bits per heavy atom. The Balaban J connectivity index is 2.43. The van der Waals surface area contributed by atoms with Gasteiger partial charge in [-0.1, -0.05) is 13.8 Å². The van der Waals surface area contributed by atoms with E-state index in [1.165, 1.54) is 0 Å². The van der Waals surface area contributed by atoms with Gasteiger partial charge in [-0.15, -0.1) is 0 Å². The molecular weight excluding hydrogens is 192 g/mol. The second kappa shape index (κ2) is 4.94. The van der Waals surface area contributed by atoms with Gasteiger partial charge in [-0.3, -0.25) is 10.1 Å². The summed E-state index contributed by atoms with van der Waals surface area (Å²) in [5.74, 6) is 0.209. The zero-order valence-corrected chi connectivity index (χ0v) is 10.2. The Labute approximate surface area is 92.0 Å². The van der Waals surface area contributed by atoms with E-state index in [1.54, 1.807) is 7.11 Å². The minimum absolute atomic E-state index is 0.0248. The lowest BCUT2D eigenvalue weighted by Gasteiger charge is -2.29. The molecule has 4 nitrogen and oxygen atoms in total. The van der Waals surface area contributed by atoms with Crippen molar-refractivity contribution >= 4 is 5.91 Å². The van der Waals surface area contributed by atoms with Crippen molar-refractivity contribution in [1.82, 2.24) is 10.2 Å². The minimum atomic E-state index is -0.0248. The summed E-state index contributed by atoms with van der Waals surface area (Å²) in [7, 11) is 1.71. The predicted molar refractivity (Wildman–Crippen MR) is 59.5 cm³/mol. The first kappa shape index (κ1) is 12.5. The average molecular weight is 214 g/mol. The third kappa shape index (κ3) is 3.47. The zero-order chi connectivity index (χ0) is 11.5. The average Bonchev–Trinajstić information content (AvgIpc) is 2.46. The van der Waals surface area contributed by atoms with E-state index in [9.17, 15) is 4.79 Å². The number of nitrogens with one attached hydrogen (secondary N) is 1. The van der Waals surface area contributed by atoms with Crippen LogP contribution in [0.2, 0.25) is 0 Å². The molecule has 1 aliphatic heterocycles. The normalized spacial score (nSPS) is 22.5. The SMILES string of the molecule is COCCC(C)(C)CN1CNC(C)C1=O. The van der Waals surface area contributed by atoms with Crippen LogP contribution in [0.1, 0.15) is 27.2 Å². The van der Waals surface area contributed by atoms with Crippen molar-refractivity contribution in [3.8, 4) is 0 Å². The van der Waals surface area contributed by atoms with Crippen molar-refractivity contribution in [1.29, 1.82) is 0 Å². The lowest BCUT2D eigenvalue weighted by molar-refractivity contribution is -0.129. The highest BCUT2D eigenvalue weighted by atomic mass is 16.5. The summed E-state index contributed by atoms with van der Waals surface area (Å²) in [6.45, 7) is 8.47. The Morgan fingerprint density at radius 1 is 1.60 bits per heavy atom. The number of methoxy groups -OCH3 is 1. The highest BCUT2D eigenvalue weighted by Gasteiger charge is 2.31. The van der Waals surface area contributed by atoms with Gasteiger partial charge in [-0.05, 0) is 18.8 Å². The van der Waals surface area contributed by atoms with Gasteiger partial charge in [-0.25, -0.2) is 0 Å². The number of carbonyl (C=O) groups excluding carboxylic acids is 1. The first-order chi connectivity index (χ1) is 6.96. The van der Waals surface area contributed by atoms with Crippen LogP contribution in [-0.4, -0.2) is 43.8 Å². The number of rotatable bonds is 5. The molecular formula is C11H22N2O2. The molecule has 1 aliphatic rings. The van der Waals surface area contributed by atoms with Crippen molar-refractivity contribution in [2.45, 2.75) is 33.2 Å². The molecule has 1 rings (SSSR count). The fourth-order valence-corrected chi connectivity index (χ4v) is 1.79. The second-order valence-electron chi connectivity index (χ2n) is 5.03. The Bertz CT molecular complexity index is 229. The predicted octanol–water partition coefficient (Wildman–Crippen LogP) is 0.827. The van der Waals surface area contributed by atoms with Gasteiger partial charge >= 0.3 is 0 Å². The molecule has 0 aromatic heterocycles. The molecule has 1 unspecified atom stereocenters. The van der Waals surface area contributed by atoms with Crippen LogP contribution < -0.4 is 5.32 Å². The summed E-state index contributed by atoms with van der Waals surface area (Å²) in [4.78, 5) is 13.6. The van der Waals surface area contributed by atoms with Crippen LogP contribution in [0.25, 0.3) is 0 Å². The molecule has 1 atom stereocenters. The summed E-state index contributed by atoms with van der Waals surface area (Å²) in [6.07, 6.45) is 0.974. The molecule has 88 valence electrons. The molecule has 1 amide bonds. The van der Waals surface area contributed by atoms with E-state index >= 15 is 0 Å².